The third-order valence-corrected chi connectivity index (χ3v) is 2.06. The molecule has 0 saturated carbocycles. The molecule has 0 aliphatic heterocycles. The molecule has 0 aliphatic rings. The minimum Gasteiger partial charge on any atom is -0.327 e. The molecule has 2 heteroatoms. The summed E-state index contributed by atoms with van der Waals surface area (Å²) in [5.41, 5.74) is 5.89. The lowest BCUT2D eigenvalue weighted by Gasteiger charge is -2.16. The normalized spacial score (nSPS) is 14.2. The van der Waals surface area contributed by atoms with E-state index in [1.54, 1.807) is 0 Å². The van der Waals surface area contributed by atoms with Gasteiger partial charge in [0.25, 0.3) is 0 Å². The zero-order valence-corrected chi connectivity index (χ0v) is 8.93. The SMILES string of the molecule is CC(C)CNCCC(N)C(C)C. The van der Waals surface area contributed by atoms with Gasteiger partial charge in [0.05, 0.1) is 0 Å². The summed E-state index contributed by atoms with van der Waals surface area (Å²) < 4.78 is 0. The van der Waals surface area contributed by atoms with Crippen molar-refractivity contribution in [1.82, 2.24) is 5.32 Å². The summed E-state index contributed by atoms with van der Waals surface area (Å²) >= 11 is 0. The van der Waals surface area contributed by atoms with Crippen molar-refractivity contribution in [2.24, 2.45) is 17.6 Å². The summed E-state index contributed by atoms with van der Waals surface area (Å²) in [5, 5.41) is 3.39. The van der Waals surface area contributed by atoms with Crippen molar-refractivity contribution in [2.75, 3.05) is 13.1 Å². The lowest BCUT2D eigenvalue weighted by molar-refractivity contribution is 0.439. The molecule has 0 aliphatic carbocycles. The fraction of sp³-hybridized carbons (Fsp3) is 1.00. The van der Waals surface area contributed by atoms with Crippen LogP contribution in [0.25, 0.3) is 0 Å². The smallest absolute Gasteiger partial charge is 0.00739 e. The molecule has 0 spiro atoms. The summed E-state index contributed by atoms with van der Waals surface area (Å²) in [6, 6.07) is 0.352. The summed E-state index contributed by atoms with van der Waals surface area (Å²) in [6.45, 7) is 10.9. The highest BCUT2D eigenvalue weighted by atomic mass is 14.9. The fourth-order valence-electron chi connectivity index (χ4n) is 0.993. The second kappa shape index (κ2) is 6.44. The Kier molecular flexibility index (Phi) is 6.39. The molecule has 1 atom stereocenters. The molecule has 1 unspecified atom stereocenters. The Morgan fingerprint density at radius 3 is 2.17 bits per heavy atom. The molecule has 12 heavy (non-hydrogen) atoms. The van der Waals surface area contributed by atoms with E-state index in [1.807, 2.05) is 0 Å². The average Bonchev–Trinajstić information content (AvgIpc) is 1.97. The van der Waals surface area contributed by atoms with Gasteiger partial charge in [-0.3, -0.25) is 0 Å². The average molecular weight is 172 g/mol. The van der Waals surface area contributed by atoms with Crippen LogP contribution in [0.3, 0.4) is 0 Å². The Morgan fingerprint density at radius 1 is 1.17 bits per heavy atom. The van der Waals surface area contributed by atoms with E-state index in [4.69, 9.17) is 5.73 Å². The van der Waals surface area contributed by atoms with Gasteiger partial charge in [-0.25, -0.2) is 0 Å². The number of hydrogen-bond acceptors (Lipinski definition) is 2. The molecule has 0 amide bonds. The first-order valence-corrected chi connectivity index (χ1v) is 5.00. The van der Waals surface area contributed by atoms with Gasteiger partial charge in [-0.2, -0.15) is 0 Å². The lowest BCUT2D eigenvalue weighted by atomic mass is 10.0. The molecular formula is C10H24N2. The predicted molar refractivity (Wildman–Crippen MR) is 55.1 cm³/mol. The second-order valence-corrected chi connectivity index (χ2v) is 4.29. The van der Waals surface area contributed by atoms with Crippen LogP contribution < -0.4 is 11.1 Å². The van der Waals surface area contributed by atoms with Crippen molar-refractivity contribution in [2.45, 2.75) is 40.2 Å². The van der Waals surface area contributed by atoms with Crippen LogP contribution in [0.2, 0.25) is 0 Å². The molecule has 0 aromatic rings. The highest BCUT2D eigenvalue weighted by molar-refractivity contribution is 4.66. The Labute approximate surface area is 76.9 Å². The highest BCUT2D eigenvalue weighted by Crippen LogP contribution is 2.01. The number of nitrogens with one attached hydrogen (secondary N) is 1. The van der Waals surface area contributed by atoms with Gasteiger partial charge in [0.15, 0.2) is 0 Å². The number of hydrogen-bond donors (Lipinski definition) is 2. The van der Waals surface area contributed by atoms with E-state index in [2.05, 4.69) is 33.0 Å². The largest absolute Gasteiger partial charge is 0.327 e. The molecule has 0 rings (SSSR count). The van der Waals surface area contributed by atoms with Gasteiger partial charge >= 0.3 is 0 Å². The zero-order chi connectivity index (χ0) is 9.56. The van der Waals surface area contributed by atoms with E-state index >= 15 is 0 Å². The first-order valence-electron chi connectivity index (χ1n) is 5.00. The molecule has 0 aromatic carbocycles. The minimum atomic E-state index is 0.352. The molecule has 0 bridgehead atoms. The van der Waals surface area contributed by atoms with Crippen LogP contribution in [0.15, 0.2) is 0 Å². The fourth-order valence-corrected chi connectivity index (χ4v) is 0.993. The summed E-state index contributed by atoms with van der Waals surface area (Å²) in [6.07, 6.45) is 1.09. The molecule has 0 saturated heterocycles. The Hall–Kier alpha value is -0.0800. The van der Waals surface area contributed by atoms with Crippen LogP contribution in [0, 0.1) is 11.8 Å². The lowest BCUT2D eigenvalue weighted by Crippen LogP contribution is -2.32. The molecule has 0 fully saturated rings. The zero-order valence-electron chi connectivity index (χ0n) is 8.93. The van der Waals surface area contributed by atoms with Gasteiger partial charge in [-0.05, 0) is 31.3 Å². The summed E-state index contributed by atoms with van der Waals surface area (Å²) in [7, 11) is 0. The van der Waals surface area contributed by atoms with Gasteiger partial charge in [-0.1, -0.05) is 27.7 Å². The van der Waals surface area contributed by atoms with Crippen LogP contribution in [-0.2, 0) is 0 Å². The van der Waals surface area contributed by atoms with Gasteiger partial charge in [0.1, 0.15) is 0 Å². The van der Waals surface area contributed by atoms with Gasteiger partial charge in [0, 0.05) is 6.04 Å². The van der Waals surface area contributed by atoms with Gasteiger partial charge in [-0.15, -0.1) is 0 Å². The van der Waals surface area contributed by atoms with Crippen molar-refractivity contribution in [1.29, 1.82) is 0 Å². The van der Waals surface area contributed by atoms with E-state index in [9.17, 15) is 0 Å². The maximum absolute atomic E-state index is 5.89. The molecule has 2 nitrogen and oxygen atoms in total. The third kappa shape index (κ3) is 6.62. The molecule has 0 heterocycles. The summed E-state index contributed by atoms with van der Waals surface area (Å²) in [4.78, 5) is 0. The molecular weight excluding hydrogens is 148 g/mol. The Morgan fingerprint density at radius 2 is 1.75 bits per heavy atom. The maximum atomic E-state index is 5.89. The van der Waals surface area contributed by atoms with Crippen molar-refractivity contribution in [3.63, 3.8) is 0 Å². The number of nitrogens with two attached hydrogens (primary N) is 1. The van der Waals surface area contributed by atoms with Crippen LogP contribution >= 0.6 is 0 Å². The van der Waals surface area contributed by atoms with Crippen molar-refractivity contribution in [3.8, 4) is 0 Å². The first kappa shape index (κ1) is 11.9. The van der Waals surface area contributed by atoms with E-state index in [0.29, 0.717) is 12.0 Å². The van der Waals surface area contributed by atoms with E-state index < -0.39 is 0 Å². The van der Waals surface area contributed by atoms with Crippen molar-refractivity contribution >= 4 is 0 Å². The van der Waals surface area contributed by atoms with E-state index in [1.165, 1.54) is 0 Å². The Balaban J connectivity index is 3.20. The van der Waals surface area contributed by atoms with Crippen LogP contribution in [0.4, 0.5) is 0 Å². The molecule has 3 N–H and O–H groups in total. The maximum Gasteiger partial charge on any atom is 0.00739 e. The number of rotatable bonds is 6. The van der Waals surface area contributed by atoms with Crippen LogP contribution in [0.5, 0.6) is 0 Å². The van der Waals surface area contributed by atoms with E-state index in [0.717, 1.165) is 25.4 Å². The van der Waals surface area contributed by atoms with Crippen molar-refractivity contribution < 1.29 is 0 Å². The molecule has 74 valence electrons. The monoisotopic (exact) mass is 172 g/mol. The van der Waals surface area contributed by atoms with Crippen LogP contribution in [-0.4, -0.2) is 19.1 Å². The second-order valence-electron chi connectivity index (χ2n) is 4.29. The molecule has 0 aromatic heterocycles. The van der Waals surface area contributed by atoms with Gasteiger partial charge in [0.2, 0.25) is 0 Å². The summed E-state index contributed by atoms with van der Waals surface area (Å²) in [5.74, 6) is 1.34. The quantitative estimate of drug-likeness (QED) is 0.597. The topological polar surface area (TPSA) is 38.0 Å². The Bertz CT molecular complexity index is 100. The third-order valence-electron chi connectivity index (χ3n) is 2.06. The first-order chi connectivity index (χ1) is 5.54. The minimum absolute atomic E-state index is 0.352. The standard InChI is InChI=1S/C10H24N2/c1-8(2)7-12-6-5-10(11)9(3)4/h8-10,12H,5-7,11H2,1-4H3. The van der Waals surface area contributed by atoms with Crippen molar-refractivity contribution in [3.05, 3.63) is 0 Å². The molecule has 0 radical (unpaired) electrons. The van der Waals surface area contributed by atoms with Gasteiger partial charge < -0.3 is 11.1 Å². The predicted octanol–water partition coefficient (Wildman–Crippen LogP) is 1.61. The van der Waals surface area contributed by atoms with Crippen LogP contribution in [0.1, 0.15) is 34.1 Å². The van der Waals surface area contributed by atoms with E-state index in [-0.39, 0.29) is 0 Å². The highest BCUT2D eigenvalue weighted by Gasteiger charge is 2.05.